The van der Waals surface area contributed by atoms with Crippen LogP contribution in [0.15, 0.2) is 89.1 Å². The maximum Gasteiger partial charge on any atom is 0.263 e. The van der Waals surface area contributed by atoms with E-state index in [1.54, 1.807) is 23.2 Å². The first-order chi connectivity index (χ1) is 21.9. The molecule has 45 heavy (non-hydrogen) atoms. The van der Waals surface area contributed by atoms with Crippen LogP contribution < -0.4 is 21.2 Å². The van der Waals surface area contributed by atoms with E-state index in [9.17, 15) is 9.59 Å². The Bertz CT molecular complexity index is 2140. The second-order valence-corrected chi connectivity index (χ2v) is 11.5. The molecule has 1 aliphatic heterocycles. The van der Waals surface area contributed by atoms with Crippen molar-refractivity contribution in [2.24, 2.45) is 0 Å². The second kappa shape index (κ2) is 11.8. The maximum absolute atomic E-state index is 14.6. The van der Waals surface area contributed by atoms with Crippen molar-refractivity contribution >= 4 is 45.2 Å². The molecule has 1 fully saturated rings. The number of hydrogen-bond donors (Lipinski definition) is 2. The van der Waals surface area contributed by atoms with Crippen LogP contribution in [-0.4, -0.2) is 67.6 Å². The van der Waals surface area contributed by atoms with Gasteiger partial charge in [-0.25, -0.2) is 19.9 Å². The second-order valence-electron chi connectivity index (χ2n) is 11.1. The fourth-order valence-electron chi connectivity index (χ4n) is 5.90. The van der Waals surface area contributed by atoms with Crippen LogP contribution in [0, 0.1) is 0 Å². The molecule has 0 amide bonds. The van der Waals surface area contributed by atoms with Gasteiger partial charge in [0.15, 0.2) is 5.43 Å². The van der Waals surface area contributed by atoms with E-state index in [-0.39, 0.29) is 11.0 Å². The topological polar surface area (TPSA) is 125 Å². The Morgan fingerprint density at radius 2 is 1.64 bits per heavy atom. The summed E-state index contributed by atoms with van der Waals surface area (Å²) in [4.78, 5) is 52.7. The Kier molecular flexibility index (Phi) is 7.48. The summed E-state index contributed by atoms with van der Waals surface area (Å²) in [6.45, 7) is 5.49. The van der Waals surface area contributed by atoms with Gasteiger partial charge in [-0.3, -0.25) is 14.2 Å². The Morgan fingerprint density at radius 1 is 0.889 bits per heavy atom. The van der Waals surface area contributed by atoms with Crippen LogP contribution in [0.4, 0.5) is 11.8 Å². The van der Waals surface area contributed by atoms with E-state index in [1.807, 2.05) is 55.5 Å². The highest BCUT2D eigenvalue weighted by Crippen LogP contribution is 2.36. The summed E-state index contributed by atoms with van der Waals surface area (Å²) in [5, 5.41) is 5.11. The minimum atomic E-state index is -0.539. The van der Waals surface area contributed by atoms with Gasteiger partial charge in [-0.05, 0) is 31.7 Å². The smallest absolute Gasteiger partial charge is 0.263 e. The van der Waals surface area contributed by atoms with Gasteiger partial charge < -0.3 is 20.1 Å². The molecule has 11 nitrogen and oxygen atoms in total. The van der Waals surface area contributed by atoms with E-state index in [0.29, 0.717) is 55.5 Å². The van der Waals surface area contributed by atoms with Gasteiger partial charge >= 0.3 is 0 Å². The third kappa shape index (κ3) is 5.19. The van der Waals surface area contributed by atoms with Crippen LogP contribution in [0.2, 0.25) is 5.02 Å². The van der Waals surface area contributed by atoms with E-state index < -0.39 is 6.04 Å². The highest BCUT2D eigenvalue weighted by Gasteiger charge is 2.25. The fraction of sp³-hybridized carbons (Fsp3) is 0.212. The van der Waals surface area contributed by atoms with Gasteiger partial charge in [-0.15, -0.1) is 0 Å². The predicted octanol–water partition coefficient (Wildman–Crippen LogP) is 4.66. The van der Waals surface area contributed by atoms with Crippen LogP contribution in [0.1, 0.15) is 18.7 Å². The molecule has 12 heteroatoms. The zero-order chi connectivity index (χ0) is 31.1. The number of aromatic amines is 1. The number of piperazine rings is 1. The molecule has 0 saturated carbocycles. The van der Waals surface area contributed by atoms with E-state index in [1.165, 1.54) is 12.4 Å². The minimum absolute atomic E-state index is 0.227. The molecule has 6 aromatic rings. The van der Waals surface area contributed by atoms with Crippen LogP contribution >= 0.6 is 11.6 Å². The number of fused-ring (bicyclic) bond motifs is 2. The molecular weight excluding hydrogens is 590 g/mol. The van der Waals surface area contributed by atoms with Crippen molar-refractivity contribution in [1.82, 2.24) is 34.4 Å². The van der Waals surface area contributed by atoms with Crippen LogP contribution in [0.25, 0.3) is 38.6 Å². The molecule has 226 valence electrons. The first-order valence-corrected chi connectivity index (χ1v) is 15.1. The Labute approximate surface area is 263 Å². The quantitative estimate of drug-likeness (QED) is 0.274. The summed E-state index contributed by atoms with van der Waals surface area (Å²) in [6, 6.07) is 15.9. The number of rotatable bonds is 6. The van der Waals surface area contributed by atoms with Gasteiger partial charge in [0.05, 0.1) is 22.1 Å². The summed E-state index contributed by atoms with van der Waals surface area (Å²) in [7, 11) is 2.11. The average molecular weight is 620 g/mol. The van der Waals surface area contributed by atoms with Gasteiger partial charge in [0, 0.05) is 67.5 Å². The molecule has 0 radical (unpaired) electrons. The predicted molar refractivity (Wildman–Crippen MR) is 177 cm³/mol. The molecule has 2 aromatic carbocycles. The van der Waals surface area contributed by atoms with Gasteiger partial charge in [-0.2, -0.15) is 0 Å². The number of para-hydroxylation sites is 1. The number of pyridine rings is 2. The lowest BCUT2D eigenvalue weighted by atomic mass is 9.99. The number of nitrogens with zero attached hydrogens (tertiary/aromatic N) is 7. The van der Waals surface area contributed by atoms with Crippen LogP contribution in [0.5, 0.6) is 0 Å². The van der Waals surface area contributed by atoms with E-state index in [0.717, 1.165) is 31.7 Å². The number of hydrogen-bond acceptors (Lipinski definition) is 9. The largest absolute Gasteiger partial charge is 0.361 e. The zero-order valence-corrected chi connectivity index (χ0v) is 25.5. The minimum Gasteiger partial charge on any atom is -0.361 e. The SMILES string of the molecule is C[C@H](Nc1ncnc2[nH]ccc(=O)c12)c1c(Cl)c2cccc(-c3cnc(N4CCN(C)CC4)nc3)c2c(=O)n1-c1ccccc1. The number of benzene rings is 2. The zero-order valence-electron chi connectivity index (χ0n) is 24.7. The molecule has 2 N–H and O–H groups in total. The fourth-order valence-corrected chi connectivity index (χ4v) is 6.31. The lowest BCUT2D eigenvalue weighted by molar-refractivity contribution is 0.311. The van der Waals surface area contributed by atoms with Crippen LogP contribution in [-0.2, 0) is 0 Å². The van der Waals surface area contributed by atoms with Crippen molar-refractivity contribution in [2.75, 3.05) is 43.4 Å². The van der Waals surface area contributed by atoms with Crippen molar-refractivity contribution in [3.63, 3.8) is 0 Å². The van der Waals surface area contributed by atoms with Crippen molar-refractivity contribution in [3.8, 4) is 16.8 Å². The average Bonchev–Trinajstić information content (AvgIpc) is 3.07. The molecule has 0 aliphatic carbocycles. The molecule has 0 unspecified atom stereocenters. The van der Waals surface area contributed by atoms with E-state index in [4.69, 9.17) is 11.6 Å². The van der Waals surface area contributed by atoms with Crippen molar-refractivity contribution in [1.29, 1.82) is 0 Å². The molecule has 5 heterocycles. The summed E-state index contributed by atoms with van der Waals surface area (Å²) < 4.78 is 1.62. The molecule has 0 bridgehead atoms. The maximum atomic E-state index is 14.6. The molecule has 0 spiro atoms. The summed E-state index contributed by atoms with van der Waals surface area (Å²) in [5.41, 5.74) is 2.52. The van der Waals surface area contributed by atoms with Gasteiger partial charge in [-0.1, -0.05) is 48.0 Å². The van der Waals surface area contributed by atoms with Gasteiger partial charge in [0.1, 0.15) is 23.2 Å². The molecule has 1 aliphatic rings. The number of aromatic nitrogens is 6. The number of anilines is 2. The molecule has 4 aromatic heterocycles. The molecule has 1 saturated heterocycles. The normalized spacial score (nSPS) is 14.6. The monoisotopic (exact) mass is 619 g/mol. The number of halogens is 1. The number of likely N-dealkylation sites (N-methyl/N-ethyl adjacent to an activating group) is 1. The molecule has 1 atom stereocenters. The van der Waals surface area contributed by atoms with Gasteiger partial charge in [0.25, 0.3) is 5.56 Å². The Morgan fingerprint density at radius 3 is 2.40 bits per heavy atom. The first-order valence-electron chi connectivity index (χ1n) is 14.7. The summed E-state index contributed by atoms with van der Waals surface area (Å²) in [6.07, 6.45) is 6.46. The number of nitrogens with one attached hydrogen (secondary N) is 2. The first kappa shape index (κ1) is 28.6. The van der Waals surface area contributed by atoms with Crippen LogP contribution in [0.3, 0.4) is 0 Å². The third-order valence-corrected chi connectivity index (χ3v) is 8.64. The Balaban J connectivity index is 1.37. The molecule has 7 rings (SSSR count). The lowest BCUT2D eigenvalue weighted by Crippen LogP contribution is -2.45. The number of H-pyrrole nitrogens is 1. The summed E-state index contributed by atoms with van der Waals surface area (Å²) >= 11 is 7.23. The molecular formula is C33H30ClN9O2. The Hall–Kier alpha value is -5.13. The van der Waals surface area contributed by atoms with Crippen molar-refractivity contribution in [3.05, 3.63) is 111 Å². The van der Waals surface area contributed by atoms with Gasteiger partial charge in [0.2, 0.25) is 5.95 Å². The van der Waals surface area contributed by atoms with Crippen molar-refractivity contribution < 1.29 is 0 Å². The third-order valence-electron chi connectivity index (χ3n) is 8.25. The van der Waals surface area contributed by atoms with Crippen molar-refractivity contribution in [2.45, 2.75) is 13.0 Å². The highest BCUT2D eigenvalue weighted by atomic mass is 35.5. The van der Waals surface area contributed by atoms with E-state index >= 15 is 0 Å². The standard InChI is InChI=1S/C33H30ClN9O2/c1-20(40-31-27-25(44)11-12-35-30(27)38-19-39-31)29-28(34)24-10-6-9-23(26(24)32(45)43(29)22-7-4-3-5-8-22)21-17-36-33(37-18-21)42-15-13-41(2)14-16-42/h3-12,17-20H,13-16H2,1-2H3,(H2,35,38,39,40,44)/t20-/m0/s1. The summed E-state index contributed by atoms with van der Waals surface area (Å²) in [5.74, 6) is 1.01. The highest BCUT2D eigenvalue weighted by molar-refractivity contribution is 6.36. The lowest BCUT2D eigenvalue weighted by Gasteiger charge is -2.32. The van der Waals surface area contributed by atoms with E-state index in [2.05, 4.69) is 47.1 Å².